The zero-order valence-corrected chi connectivity index (χ0v) is 16.0. The van der Waals surface area contributed by atoms with Crippen LogP contribution in [0.15, 0.2) is 77.4 Å². The molecule has 0 saturated carbocycles. The summed E-state index contributed by atoms with van der Waals surface area (Å²) in [6.07, 6.45) is 1.07. The van der Waals surface area contributed by atoms with Crippen molar-refractivity contribution in [1.29, 1.82) is 5.26 Å². The highest BCUT2D eigenvalue weighted by atomic mass is 16.5. The van der Waals surface area contributed by atoms with Gasteiger partial charge in [-0.2, -0.15) is 5.26 Å². The molecule has 1 atom stereocenters. The van der Waals surface area contributed by atoms with E-state index in [0.717, 1.165) is 16.7 Å². The number of nitrogens with zero attached hydrogens (tertiary/aromatic N) is 1. The molecule has 2 aromatic rings. The Bertz CT molecular complexity index is 1040. The van der Waals surface area contributed by atoms with Gasteiger partial charge in [0.25, 0.3) is 0 Å². The lowest BCUT2D eigenvalue weighted by atomic mass is 9.70. The van der Waals surface area contributed by atoms with Crippen molar-refractivity contribution in [3.63, 3.8) is 0 Å². The number of ether oxygens (including phenoxy) is 1. The van der Waals surface area contributed by atoms with E-state index in [9.17, 15) is 10.1 Å². The fourth-order valence-corrected chi connectivity index (χ4v) is 4.12. The molecular weight excluding hydrogens is 348 g/mol. The number of carbonyl (C=O) groups is 1. The summed E-state index contributed by atoms with van der Waals surface area (Å²) in [7, 11) is 0. The van der Waals surface area contributed by atoms with Crippen molar-refractivity contribution in [3.05, 3.63) is 82.9 Å². The second-order valence-corrected chi connectivity index (χ2v) is 8.19. The van der Waals surface area contributed by atoms with Crippen molar-refractivity contribution in [2.24, 2.45) is 11.1 Å². The highest BCUT2D eigenvalue weighted by Crippen LogP contribution is 2.47. The van der Waals surface area contributed by atoms with E-state index in [2.05, 4.69) is 18.2 Å². The summed E-state index contributed by atoms with van der Waals surface area (Å²) in [4.78, 5) is 13.0. The van der Waals surface area contributed by atoms with E-state index in [-0.39, 0.29) is 17.1 Å². The molecule has 28 heavy (non-hydrogen) atoms. The number of ketones is 1. The molecule has 0 fully saturated rings. The Balaban J connectivity index is 1.79. The van der Waals surface area contributed by atoms with E-state index in [0.29, 0.717) is 29.7 Å². The fraction of sp³-hybridized carbons (Fsp3) is 0.250. The van der Waals surface area contributed by atoms with Crippen LogP contribution in [0.3, 0.4) is 0 Å². The molecule has 0 unspecified atom stereocenters. The summed E-state index contributed by atoms with van der Waals surface area (Å²) in [5, 5.41) is 9.70. The molecule has 1 aliphatic heterocycles. The highest BCUT2D eigenvalue weighted by molar-refractivity contribution is 6.00. The minimum absolute atomic E-state index is 0.0311. The van der Waals surface area contributed by atoms with Crippen LogP contribution in [-0.2, 0) is 9.53 Å². The number of nitriles is 1. The second kappa shape index (κ2) is 6.69. The number of nitrogens with two attached hydrogens (primary N) is 1. The molecule has 140 valence electrons. The van der Waals surface area contributed by atoms with Crippen LogP contribution in [0.5, 0.6) is 0 Å². The zero-order chi connectivity index (χ0) is 19.9. The van der Waals surface area contributed by atoms with Gasteiger partial charge in [-0.3, -0.25) is 4.79 Å². The molecular formula is C24H22N2O2. The van der Waals surface area contributed by atoms with Crippen molar-refractivity contribution < 1.29 is 9.53 Å². The lowest BCUT2D eigenvalue weighted by Crippen LogP contribution is -2.33. The van der Waals surface area contributed by atoms with Crippen molar-refractivity contribution in [3.8, 4) is 17.2 Å². The van der Waals surface area contributed by atoms with E-state index in [1.807, 2.05) is 56.3 Å². The molecule has 1 heterocycles. The minimum atomic E-state index is -0.470. The van der Waals surface area contributed by atoms with Crippen molar-refractivity contribution in [2.75, 3.05) is 0 Å². The van der Waals surface area contributed by atoms with Gasteiger partial charge >= 0.3 is 0 Å². The van der Waals surface area contributed by atoms with Crippen LogP contribution < -0.4 is 5.73 Å². The summed E-state index contributed by atoms with van der Waals surface area (Å²) in [6, 6.07) is 20.2. The third kappa shape index (κ3) is 3.10. The standard InChI is InChI=1S/C24H22N2O2/c1-24(2)12-19(27)22-20(13-24)28-23(26)18(14-25)21(22)17-10-8-16(9-11-17)15-6-4-3-5-7-15/h3-11,21H,12-13,26H2,1-2H3/t21-/m0/s1. The first-order valence-corrected chi connectivity index (χ1v) is 9.39. The smallest absolute Gasteiger partial charge is 0.205 e. The lowest BCUT2D eigenvalue weighted by molar-refractivity contribution is -0.119. The van der Waals surface area contributed by atoms with Crippen LogP contribution in [0, 0.1) is 16.7 Å². The minimum Gasteiger partial charge on any atom is -0.444 e. The summed E-state index contributed by atoms with van der Waals surface area (Å²) >= 11 is 0. The quantitative estimate of drug-likeness (QED) is 0.823. The maximum absolute atomic E-state index is 13.0. The largest absolute Gasteiger partial charge is 0.444 e. The number of benzene rings is 2. The van der Waals surface area contributed by atoms with Gasteiger partial charge in [0.05, 0.1) is 5.92 Å². The Labute approximate surface area is 164 Å². The Hall–Kier alpha value is -3.32. The van der Waals surface area contributed by atoms with Crippen molar-refractivity contribution >= 4 is 5.78 Å². The van der Waals surface area contributed by atoms with Gasteiger partial charge in [-0.15, -0.1) is 0 Å². The van der Waals surface area contributed by atoms with Gasteiger partial charge in [0.2, 0.25) is 5.88 Å². The van der Waals surface area contributed by atoms with Crippen LogP contribution in [-0.4, -0.2) is 5.78 Å². The number of hydrogen-bond acceptors (Lipinski definition) is 4. The molecule has 1 aliphatic carbocycles. The van der Waals surface area contributed by atoms with Crippen molar-refractivity contribution in [2.45, 2.75) is 32.6 Å². The Morgan fingerprint density at radius 1 is 1.04 bits per heavy atom. The van der Waals surface area contributed by atoms with Gasteiger partial charge in [0, 0.05) is 18.4 Å². The molecule has 0 spiro atoms. The van der Waals surface area contributed by atoms with E-state index < -0.39 is 5.92 Å². The molecule has 2 aliphatic rings. The topological polar surface area (TPSA) is 76.1 Å². The summed E-state index contributed by atoms with van der Waals surface area (Å²) in [5.74, 6) is 0.268. The molecule has 2 aromatic carbocycles. The number of Topliss-reactive ketones (excluding diaryl/α,β-unsaturated/α-hetero) is 1. The zero-order valence-electron chi connectivity index (χ0n) is 16.0. The van der Waals surface area contributed by atoms with E-state index in [1.54, 1.807) is 0 Å². The third-order valence-electron chi connectivity index (χ3n) is 5.43. The van der Waals surface area contributed by atoms with Gasteiger partial charge < -0.3 is 10.5 Å². The summed E-state index contributed by atoms with van der Waals surface area (Å²) < 4.78 is 5.74. The van der Waals surface area contributed by atoms with Gasteiger partial charge in [0.1, 0.15) is 17.4 Å². The summed E-state index contributed by atoms with van der Waals surface area (Å²) in [6.45, 7) is 4.09. The molecule has 2 N–H and O–H groups in total. The van der Waals surface area contributed by atoms with E-state index in [4.69, 9.17) is 10.5 Å². The number of hydrogen-bond donors (Lipinski definition) is 1. The van der Waals surface area contributed by atoms with Crippen LogP contribution >= 0.6 is 0 Å². The molecule has 0 bridgehead atoms. The first kappa shape index (κ1) is 18.1. The van der Waals surface area contributed by atoms with Gasteiger partial charge in [-0.05, 0) is 22.1 Å². The predicted octanol–water partition coefficient (Wildman–Crippen LogP) is 4.80. The Morgan fingerprint density at radius 3 is 2.32 bits per heavy atom. The van der Waals surface area contributed by atoms with Gasteiger partial charge in [-0.25, -0.2) is 0 Å². The Morgan fingerprint density at radius 2 is 1.68 bits per heavy atom. The monoisotopic (exact) mass is 370 g/mol. The molecule has 0 radical (unpaired) electrons. The summed E-state index contributed by atoms with van der Waals surface area (Å²) in [5.41, 5.74) is 9.85. The first-order valence-electron chi connectivity index (χ1n) is 9.39. The van der Waals surface area contributed by atoms with Crippen LogP contribution in [0.4, 0.5) is 0 Å². The van der Waals surface area contributed by atoms with Gasteiger partial charge in [0.15, 0.2) is 5.78 Å². The third-order valence-corrected chi connectivity index (χ3v) is 5.43. The maximum Gasteiger partial charge on any atom is 0.205 e. The molecule has 4 heteroatoms. The van der Waals surface area contributed by atoms with Crippen LogP contribution in [0.1, 0.15) is 38.2 Å². The molecule has 0 amide bonds. The molecule has 0 saturated heterocycles. The van der Waals surface area contributed by atoms with Crippen LogP contribution in [0.25, 0.3) is 11.1 Å². The first-order chi connectivity index (χ1) is 13.4. The van der Waals surface area contributed by atoms with Crippen molar-refractivity contribution in [1.82, 2.24) is 0 Å². The molecule has 4 rings (SSSR count). The average molecular weight is 370 g/mol. The fourth-order valence-electron chi connectivity index (χ4n) is 4.12. The number of carbonyl (C=O) groups excluding carboxylic acids is 1. The maximum atomic E-state index is 13.0. The average Bonchev–Trinajstić information content (AvgIpc) is 2.67. The SMILES string of the molecule is CC1(C)CC(=O)C2=C(C1)OC(N)=C(C#N)[C@@H]2c1ccc(-c2ccccc2)cc1. The normalized spacial score (nSPS) is 21.0. The van der Waals surface area contributed by atoms with Gasteiger partial charge in [-0.1, -0.05) is 68.4 Å². The Kier molecular flexibility index (Phi) is 4.31. The van der Waals surface area contributed by atoms with E-state index in [1.165, 1.54) is 0 Å². The lowest BCUT2D eigenvalue weighted by Gasteiger charge is -2.37. The number of allylic oxidation sites excluding steroid dienone is 3. The highest BCUT2D eigenvalue weighted by Gasteiger charge is 2.42. The predicted molar refractivity (Wildman–Crippen MR) is 108 cm³/mol. The molecule has 0 aromatic heterocycles. The second-order valence-electron chi connectivity index (χ2n) is 8.19. The van der Waals surface area contributed by atoms with E-state index >= 15 is 0 Å². The number of rotatable bonds is 2. The van der Waals surface area contributed by atoms with Crippen LogP contribution in [0.2, 0.25) is 0 Å². The molecule has 4 nitrogen and oxygen atoms in total.